The first-order chi connectivity index (χ1) is 14.1. The molecule has 2 atom stereocenters. The molecule has 1 fully saturated rings. The molecule has 0 radical (unpaired) electrons. The Hall–Kier alpha value is -3.06. The van der Waals surface area contributed by atoms with Crippen LogP contribution in [-0.2, 0) is 9.59 Å². The minimum atomic E-state index is -0.167. The molecule has 0 spiro atoms. The van der Waals surface area contributed by atoms with Gasteiger partial charge in [-0.3, -0.25) is 14.5 Å². The third-order valence-corrected chi connectivity index (χ3v) is 5.75. The number of carbonyl (C=O) groups is 2. The van der Waals surface area contributed by atoms with Gasteiger partial charge in [-0.25, -0.2) is 0 Å². The summed E-state index contributed by atoms with van der Waals surface area (Å²) < 4.78 is 11.0. The summed E-state index contributed by atoms with van der Waals surface area (Å²) in [5.41, 5.74) is 2.50. The van der Waals surface area contributed by atoms with Gasteiger partial charge in [0.15, 0.2) is 6.54 Å². The van der Waals surface area contributed by atoms with E-state index in [0.29, 0.717) is 12.2 Å². The van der Waals surface area contributed by atoms with Gasteiger partial charge in [0.1, 0.15) is 24.1 Å². The number of para-hydroxylation sites is 2. The number of methoxy groups -OCH3 is 2. The summed E-state index contributed by atoms with van der Waals surface area (Å²) in [7, 11) is 3.31. The third-order valence-electron chi connectivity index (χ3n) is 5.75. The van der Waals surface area contributed by atoms with Crippen molar-refractivity contribution in [3.05, 3.63) is 48.0 Å². The number of benzene rings is 2. The Morgan fingerprint density at radius 2 is 2.03 bits per heavy atom. The predicted octanol–water partition coefficient (Wildman–Crippen LogP) is 1.41. The van der Waals surface area contributed by atoms with E-state index in [4.69, 9.17) is 9.47 Å². The van der Waals surface area contributed by atoms with E-state index in [2.05, 4.69) is 5.32 Å². The summed E-state index contributed by atoms with van der Waals surface area (Å²) in [6.07, 6.45) is 2.01. The molecule has 2 aromatic rings. The highest BCUT2D eigenvalue weighted by Crippen LogP contribution is 2.32. The Bertz CT molecular complexity index is 930. The van der Waals surface area contributed by atoms with E-state index < -0.39 is 0 Å². The lowest BCUT2D eigenvalue weighted by Crippen LogP contribution is -3.11. The van der Waals surface area contributed by atoms with Gasteiger partial charge < -0.3 is 19.7 Å². The van der Waals surface area contributed by atoms with Crippen molar-refractivity contribution in [3.8, 4) is 11.5 Å². The Morgan fingerprint density at radius 1 is 1.21 bits per heavy atom. The van der Waals surface area contributed by atoms with Gasteiger partial charge in [0.05, 0.1) is 37.7 Å². The number of quaternary nitrogens is 1. The van der Waals surface area contributed by atoms with Gasteiger partial charge >= 0.3 is 0 Å². The summed E-state index contributed by atoms with van der Waals surface area (Å²) in [4.78, 5) is 28.0. The van der Waals surface area contributed by atoms with E-state index in [-0.39, 0.29) is 24.4 Å². The van der Waals surface area contributed by atoms with Crippen molar-refractivity contribution in [1.29, 1.82) is 0 Å². The number of rotatable bonds is 5. The smallest absolute Gasteiger partial charge is 0.282 e. The van der Waals surface area contributed by atoms with Gasteiger partial charge in [0.2, 0.25) is 5.91 Å². The Morgan fingerprint density at radius 3 is 2.83 bits per heavy atom. The molecule has 0 aromatic heterocycles. The first kappa shape index (κ1) is 19.3. The van der Waals surface area contributed by atoms with Crippen molar-refractivity contribution < 1.29 is 24.0 Å². The minimum absolute atomic E-state index is 0.0453. The van der Waals surface area contributed by atoms with Crippen LogP contribution < -0.4 is 24.6 Å². The summed E-state index contributed by atoms with van der Waals surface area (Å²) in [5, 5.41) is 2.83. The highest BCUT2D eigenvalue weighted by Gasteiger charge is 2.36. The molecule has 1 unspecified atom stereocenters. The lowest BCUT2D eigenvalue weighted by Gasteiger charge is -2.31. The molecule has 2 aromatic carbocycles. The van der Waals surface area contributed by atoms with Crippen LogP contribution in [0.5, 0.6) is 11.5 Å². The van der Waals surface area contributed by atoms with E-state index in [1.165, 1.54) is 4.90 Å². The molecular formula is C22H26N3O4+. The standard InChI is InChI=1S/C22H25N3O4/c1-28-15-9-10-20(29-2)16(12-15)18-8-5-11-24(18)14-22(27)25-13-21(26)23-17-6-3-4-7-19(17)25/h3-4,6-7,9-10,12,18H,5,8,11,13-14H2,1-2H3,(H,23,26)/p+1/t18-/m1/s1. The van der Waals surface area contributed by atoms with E-state index in [0.717, 1.165) is 42.1 Å². The fraction of sp³-hybridized carbons (Fsp3) is 0.364. The molecule has 2 N–H and O–H groups in total. The van der Waals surface area contributed by atoms with E-state index in [1.54, 1.807) is 19.1 Å². The quantitative estimate of drug-likeness (QED) is 0.802. The predicted molar refractivity (Wildman–Crippen MR) is 110 cm³/mol. The monoisotopic (exact) mass is 396 g/mol. The zero-order valence-corrected chi connectivity index (χ0v) is 16.7. The summed E-state index contributed by atoms with van der Waals surface area (Å²) in [5.74, 6) is 1.38. The van der Waals surface area contributed by atoms with Gasteiger partial charge in [0, 0.05) is 12.8 Å². The Kier molecular flexibility index (Phi) is 5.40. The number of likely N-dealkylation sites (tertiary alicyclic amines) is 1. The number of nitrogens with one attached hydrogen (secondary N) is 2. The fourth-order valence-electron chi connectivity index (χ4n) is 4.36. The number of ether oxygens (including phenoxy) is 2. The van der Waals surface area contributed by atoms with Gasteiger partial charge in [-0.1, -0.05) is 12.1 Å². The van der Waals surface area contributed by atoms with Crippen LogP contribution in [0.1, 0.15) is 24.4 Å². The van der Waals surface area contributed by atoms with Crippen LogP contribution in [0.15, 0.2) is 42.5 Å². The number of hydrogen-bond acceptors (Lipinski definition) is 4. The fourth-order valence-corrected chi connectivity index (χ4v) is 4.36. The van der Waals surface area contributed by atoms with Crippen LogP contribution in [0.4, 0.5) is 11.4 Å². The van der Waals surface area contributed by atoms with Gasteiger partial charge in [-0.05, 0) is 30.3 Å². The van der Waals surface area contributed by atoms with Gasteiger partial charge in [0.25, 0.3) is 5.91 Å². The SMILES string of the molecule is COc1ccc(OC)c([C@H]2CCC[NH+]2CC(=O)N2CC(=O)Nc3ccccc32)c1. The Balaban J connectivity index is 1.57. The summed E-state index contributed by atoms with van der Waals surface area (Å²) >= 11 is 0. The first-order valence-electron chi connectivity index (χ1n) is 9.86. The number of carbonyl (C=O) groups excluding carboxylic acids is 2. The zero-order chi connectivity index (χ0) is 20.4. The first-order valence-corrected chi connectivity index (χ1v) is 9.86. The molecule has 152 valence electrons. The van der Waals surface area contributed by atoms with Crippen molar-refractivity contribution in [2.45, 2.75) is 18.9 Å². The second-order valence-corrected chi connectivity index (χ2v) is 7.43. The highest BCUT2D eigenvalue weighted by molar-refractivity contribution is 6.10. The van der Waals surface area contributed by atoms with Crippen LogP contribution in [0.25, 0.3) is 0 Å². The summed E-state index contributed by atoms with van der Waals surface area (Å²) in [6, 6.07) is 13.4. The van der Waals surface area contributed by atoms with Gasteiger partial charge in [-0.2, -0.15) is 0 Å². The average molecular weight is 396 g/mol. The van der Waals surface area contributed by atoms with E-state index in [9.17, 15) is 9.59 Å². The maximum Gasteiger partial charge on any atom is 0.282 e. The van der Waals surface area contributed by atoms with Crippen LogP contribution in [0.2, 0.25) is 0 Å². The average Bonchev–Trinajstić information content (AvgIpc) is 3.20. The maximum atomic E-state index is 13.2. The third kappa shape index (κ3) is 3.78. The summed E-state index contributed by atoms with van der Waals surface area (Å²) in [6.45, 7) is 1.28. The number of anilines is 2. The van der Waals surface area contributed by atoms with Crippen LogP contribution in [0.3, 0.4) is 0 Å². The van der Waals surface area contributed by atoms with Crippen molar-refractivity contribution in [2.75, 3.05) is 44.1 Å². The molecule has 2 aliphatic heterocycles. The van der Waals surface area contributed by atoms with E-state index >= 15 is 0 Å². The number of fused-ring (bicyclic) bond motifs is 1. The zero-order valence-electron chi connectivity index (χ0n) is 16.7. The second kappa shape index (κ2) is 8.13. The lowest BCUT2D eigenvalue weighted by molar-refractivity contribution is -0.910. The van der Waals surface area contributed by atoms with Crippen LogP contribution >= 0.6 is 0 Å². The molecule has 1 saturated heterocycles. The lowest BCUT2D eigenvalue weighted by atomic mass is 10.0. The molecule has 4 rings (SSSR count). The van der Waals surface area contributed by atoms with Crippen molar-refractivity contribution in [2.24, 2.45) is 0 Å². The number of nitrogens with zero attached hydrogens (tertiary/aromatic N) is 1. The molecule has 29 heavy (non-hydrogen) atoms. The minimum Gasteiger partial charge on any atom is -0.497 e. The van der Waals surface area contributed by atoms with Gasteiger partial charge in [-0.15, -0.1) is 0 Å². The second-order valence-electron chi connectivity index (χ2n) is 7.43. The van der Waals surface area contributed by atoms with Crippen molar-refractivity contribution in [3.63, 3.8) is 0 Å². The topological polar surface area (TPSA) is 72.3 Å². The van der Waals surface area contributed by atoms with Crippen LogP contribution in [0, 0.1) is 0 Å². The molecule has 2 heterocycles. The number of hydrogen-bond donors (Lipinski definition) is 2. The Labute approximate surface area is 170 Å². The van der Waals surface area contributed by atoms with E-state index in [1.807, 2.05) is 42.5 Å². The molecule has 0 bridgehead atoms. The normalized spacial score (nSPS) is 20.8. The molecule has 0 saturated carbocycles. The van der Waals surface area contributed by atoms with Crippen molar-refractivity contribution >= 4 is 23.2 Å². The molecule has 2 amide bonds. The maximum absolute atomic E-state index is 13.2. The largest absolute Gasteiger partial charge is 0.497 e. The molecule has 7 nitrogen and oxygen atoms in total. The number of amides is 2. The van der Waals surface area contributed by atoms with Crippen LogP contribution in [-0.4, -0.2) is 45.7 Å². The molecule has 2 aliphatic rings. The molecule has 0 aliphatic carbocycles. The van der Waals surface area contributed by atoms with Crippen molar-refractivity contribution in [1.82, 2.24) is 0 Å². The molecular weight excluding hydrogens is 370 g/mol. The molecule has 7 heteroatoms. The highest BCUT2D eigenvalue weighted by atomic mass is 16.5.